The van der Waals surface area contributed by atoms with E-state index in [4.69, 9.17) is 15.6 Å². The number of nitrogens with one attached hydrogen (secondary N) is 1. The van der Waals surface area contributed by atoms with E-state index in [1.807, 2.05) is 4.90 Å². The molecule has 1 aliphatic rings. The molecule has 7 nitrogen and oxygen atoms in total. The van der Waals surface area contributed by atoms with E-state index >= 15 is 0 Å². The van der Waals surface area contributed by atoms with E-state index in [-0.39, 0.29) is 31.7 Å². The first-order chi connectivity index (χ1) is 8.11. The predicted octanol–water partition coefficient (Wildman–Crippen LogP) is -1.35. The Morgan fingerprint density at radius 1 is 1.41 bits per heavy atom. The van der Waals surface area contributed by atoms with Gasteiger partial charge >= 0.3 is 6.09 Å². The number of carbonyl (C=O) groups is 2. The third-order valence-electron chi connectivity index (χ3n) is 2.61. The molecule has 0 aromatic carbocycles. The Balaban J connectivity index is 2.18. The molecule has 0 atom stereocenters. The van der Waals surface area contributed by atoms with Crippen LogP contribution < -0.4 is 11.1 Å². The van der Waals surface area contributed by atoms with E-state index < -0.39 is 6.09 Å². The number of hydrogen-bond donors (Lipinski definition) is 3. The Bertz CT molecular complexity index is 264. The fourth-order valence-electron chi connectivity index (χ4n) is 1.80. The second-order valence-electron chi connectivity index (χ2n) is 4.02. The lowest BCUT2D eigenvalue weighted by Crippen LogP contribution is -2.46. The van der Waals surface area contributed by atoms with Gasteiger partial charge in [0.15, 0.2) is 0 Å². The Morgan fingerprint density at radius 3 is 2.59 bits per heavy atom. The number of piperidine rings is 1. The van der Waals surface area contributed by atoms with Gasteiger partial charge in [0, 0.05) is 19.1 Å². The lowest BCUT2D eigenvalue weighted by atomic mass is 10.1. The van der Waals surface area contributed by atoms with Crippen LogP contribution in [0.3, 0.4) is 0 Å². The minimum atomic E-state index is -0.507. The number of aliphatic hydroxyl groups excluding tert-OH is 1. The highest BCUT2D eigenvalue weighted by Gasteiger charge is 2.21. The van der Waals surface area contributed by atoms with Crippen LogP contribution in [0.5, 0.6) is 0 Å². The minimum absolute atomic E-state index is 0.00630. The van der Waals surface area contributed by atoms with E-state index in [0.29, 0.717) is 0 Å². The van der Waals surface area contributed by atoms with Gasteiger partial charge in [0.1, 0.15) is 6.61 Å². The molecule has 7 heteroatoms. The molecule has 1 aliphatic heterocycles. The number of carbonyl (C=O) groups excluding carboxylic acids is 2. The maximum atomic E-state index is 11.2. The number of nitrogens with two attached hydrogens (primary N) is 1. The summed E-state index contributed by atoms with van der Waals surface area (Å²) < 4.78 is 4.70. The van der Waals surface area contributed by atoms with Gasteiger partial charge in [0.05, 0.1) is 13.2 Å². The van der Waals surface area contributed by atoms with Gasteiger partial charge in [-0.25, -0.2) is 4.79 Å². The van der Waals surface area contributed by atoms with Crippen LogP contribution in [-0.2, 0) is 9.53 Å². The molecular weight excluding hydrogens is 226 g/mol. The average molecular weight is 245 g/mol. The van der Waals surface area contributed by atoms with Gasteiger partial charge in [0.25, 0.3) is 0 Å². The van der Waals surface area contributed by atoms with Crippen molar-refractivity contribution in [3.63, 3.8) is 0 Å². The van der Waals surface area contributed by atoms with Gasteiger partial charge in [0.2, 0.25) is 5.91 Å². The zero-order valence-electron chi connectivity index (χ0n) is 9.72. The topological polar surface area (TPSA) is 105 Å². The number of likely N-dealkylation sites (tertiary alicyclic amines) is 1. The van der Waals surface area contributed by atoms with Gasteiger partial charge in [-0.2, -0.15) is 0 Å². The molecule has 4 N–H and O–H groups in total. The van der Waals surface area contributed by atoms with Crippen LogP contribution in [0.15, 0.2) is 0 Å². The first-order valence-electron chi connectivity index (χ1n) is 5.66. The summed E-state index contributed by atoms with van der Waals surface area (Å²) in [5.41, 5.74) is 5.10. The Labute approximate surface area is 99.9 Å². The predicted molar refractivity (Wildman–Crippen MR) is 60.2 cm³/mol. The third-order valence-corrected chi connectivity index (χ3v) is 2.61. The first kappa shape index (κ1) is 13.7. The smallest absolute Gasteiger partial charge is 0.407 e. The van der Waals surface area contributed by atoms with Crippen molar-refractivity contribution < 1.29 is 19.4 Å². The molecule has 0 spiro atoms. The molecule has 1 rings (SSSR count). The summed E-state index contributed by atoms with van der Waals surface area (Å²) in [6.07, 6.45) is 1.02. The molecule has 0 aliphatic carbocycles. The number of hydrogen-bond acceptors (Lipinski definition) is 5. The minimum Gasteiger partial charge on any atom is -0.447 e. The quantitative estimate of drug-likeness (QED) is 0.555. The summed E-state index contributed by atoms with van der Waals surface area (Å²) >= 11 is 0. The zero-order chi connectivity index (χ0) is 12.7. The maximum Gasteiger partial charge on any atom is 0.407 e. The van der Waals surface area contributed by atoms with Crippen molar-refractivity contribution in [1.29, 1.82) is 0 Å². The van der Waals surface area contributed by atoms with Gasteiger partial charge in [-0.15, -0.1) is 0 Å². The highest BCUT2D eigenvalue weighted by molar-refractivity contribution is 5.75. The van der Waals surface area contributed by atoms with Crippen molar-refractivity contribution in [2.75, 3.05) is 32.8 Å². The summed E-state index contributed by atoms with van der Waals surface area (Å²) in [7, 11) is 0. The third kappa shape index (κ3) is 5.50. The number of primary amides is 1. The fourth-order valence-corrected chi connectivity index (χ4v) is 1.80. The highest BCUT2D eigenvalue weighted by Crippen LogP contribution is 2.09. The monoisotopic (exact) mass is 245 g/mol. The van der Waals surface area contributed by atoms with Crippen LogP contribution in [0.4, 0.5) is 4.79 Å². The van der Waals surface area contributed by atoms with Crippen molar-refractivity contribution in [2.45, 2.75) is 18.9 Å². The summed E-state index contributed by atoms with van der Waals surface area (Å²) in [4.78, 5) is 23.9. The number of rotatable bonds is 5. The molecule has 1 heterocycles. The van der Waals surface area contributed by atoms with Gasteiger partial charge < -0.3 is 20.9 Å². The van der Waals surface area contributed by atoms with Crippen molar-refractivity contribution in [1.82, 2.24) is 10.2 Å². The van der Waals surface area contributed by atoms with Crippen LogP contribution in [0.1, 0.15) is 12.8 Å². The van der Waals surface area contributed by atoms with Crippen LogP contribution in [0.2, 0.25) is 0 Å². The second-order valence-corrected chi connectivity index (χ2v) is 4.02. The maximum absolute atomic E-state index is 11.2. The summed E-state index contributed by atoms with van der Waals surface area (Å²) in [5, 5.41) is 11.2. The SMILES string of the molecule is NC(=O)CN1CCC(NC(=O)OCCO)CC1. The number of aliphatic hydroxyl groups is 1. The molecule has 1 fully saturated rings. The van der Waals surface area contributed by atoms with Gasteiger partial charge in [-0.1, -0.05) is 0 Å². The fraction of sp³-hybridized carbons (Fsp3) is 0.800. The normalized spacial score (nSPS) is 17.7. The van der Waals surface area contributed by atoms with Crippen LogP contribution in [-0.4, -0.2) is 60.9 Å². The van der Waals surface area contributed by atoms with Gasteiger partial charge in [-0.05, 0) is 12.8 Å². The summed E-state index contributed by atoms with van der Waals surface area (Å²) in [6.45, 7) is 1.56. The number of alkyl carbamates (subject to hydrolysis) is 1. The van der Waals surface area contributed by atoms with E-state index in [0.717, 1.165) is 25.9 Å². The second kappa shape index (κ2) is 7.08. The Morgan fingerprint density at radius 2 is 2.06 bits per heavy atom. The molecule has 0 aromatic rings. The van der Waals surface area contributed by atoms with Crippen molar-refractivity contribution in [3.05, 3.63) is 0 Å². The summed E-state index contributed by atoms with van der Waals surface area (Å²) in [5.74, 6) is -0.334. The number of nitrogens with zero attached hydrogens (tertiary/aromatic N) is 1. The van der Waals surface area contributed by atoms with Crippen LogP contribution >= 0.6 is 0 Å². The Hall–Kier alpha value is -1.34. The van der Waals surface area contributed by atoms with Gasteiger partial charge in [-0.3, -0.25) is 9.69 Å². The van der Waals surface area contributed by atoms with Crippen molar-refractivity contribution in [3.8, 4) is 0 Å². The van der Waals surface area contributed by atoms with Crippen LogP contribution in [0, 0.1) is 0 Å². The van der Waals surface area contributed by atoms with Crippen molar-refractivity contribution >= 4 is 12.0 Å². The van der Waals surface area contributed by atoms with E-state index in [2.05, 4.69) is 5.32 Å². The lowest BCUT2D eigenvalue weighted by molar-refractivity contribution is -0.119. The van der Waals surface area contributed by atoms with E-state index in [1.54, 1.807) is 0 Å². The van der Waals surface area contributed by atoms with E-state index in [9.17, 15) is 9.59 Å². The number of amides is 2. The first-order valence-corrected chi connectivity index (χ1v) is 5.66. The lowest BCUT2D eigenvalue weighted by Gasteiger charge is -2.31. The molecule has 0 unspecified atom stereocenters. The molecule has 17 heavy (non-hydrogen) atoms. The standard InChI is InChI=1S/C10H19N3O4/c11-9(15)7-13-3-1-8(2-4-13)12-10(16)17-6-5-14/h8,14H,1-7H2,(H2,11,15)(H,12,16). The molecule has 0 radical (unpaired) electrons. The van der Waals surface area contributed by atoms with Crippen molar-refractivity contribution in [2.24, 2.45) is 5.73 Å². The molecule has 0 bridgehead atoms. The van der Waals surface area contributed by atoms with E-state index in [1.165, 1.54) is 0 Å². The molecule has 98 valence electrons. The average Bonchev–Trinajstić information content (AvgIpc) is 2.28. The zero-order valence-corrected chi connectivity index (χ0v) is 9.72. The molecule has 2 amide bonds. The molecule has 0 saturated carbocycles. The highest BCUT2D eigenvalue weighted by atomic mass is 16.6. The number of ether oxygens (including phenoxy) is 1. The molecule has 1 saturated heterocycles. The van der Waals surface area contributed by atoms with Crippen LogP contribution in [0.25, 0.3) is 0 Å². The summed E-state index contributed by atoms with van der Waals surface area (Å²) in [6, 6.07) is 0.0605. The molecular formula is C10H19N3O4. The Kier molecular flexibility index (Phi) is 5.71. The largest absolute Gasteiger partial charge is 0.447 e. The molecule has 0 aromatic heterocycles.